The van der Waals surface area contributed by atoms with Crippen LogP contribution in [0, 0.1) is 0 Å². The van der Waals surface area contributed by atoms with Crippen molar-refractivity contribution >= 4 is 28.3 Å². The van der Waals surface area contributed by atoms with Crippen LogP contribution < -0.4 is 0 Å². The Morgan fingerprint density at radius 2 is 1.83 bits per heavy atom. The van der Waals surface area contributed by atoms with Crippen LogP contribution in [0.5, 0.6) is 0 Å². The maximum absolute atomic E-state index is 12.7. The normalized spacial score (nSPS) is 11.0. The molecule has 0 radical (unpaired) electrons. The van der Waals surface area contributed by atoms with E-state index in [1.165, 1.54) is 0 Å². The van der Waals surface area contributed by atoms with Gasteiger partial charge >= 0.3 is 0 Å². The Bertz CT molecular complexity index is 1140. The number of fused-ring (bicyclic) bond motifs is 1. The van der Waals surface area contributed by atoms with Crippen molar-refractivity contribution in [2.75, 3.05) is 13.6 Å². The van der Waals surface area contributed by atoms with Gasteiger partial charge in [0.05, 0.1) is 0 Å². The minimum atomic E-state index is -0.153. The van der Waals surface area contributed by atoms with Crippen LogP contribution in [0.1, 0.15) is 22.7 Å². The van der Waals surface area contributed by atoms with Gasteiger partial charge in [0.15, 0.2) is 0 Å². The molecule has 0 atom stereocenters. The number of hydrogen-bond donors (Lipinski definition) is 0. The van der Waals surface area contributed by atoms with Gasteiger partial charge < -0.3 is 9.42 Å². The fourth-order valence-corrected chi connectivity index (χ4v) is 3.49. The number of nitrogens with zero attached hydrogens (tertiary/aromatic N) is 3. The quantitative estimate of drug-likeness (QED) is 0.411. The first-order valence-corrected chi connectivity index (χ1v) is 9.81. The molecule has 0 fully saturated rings. The van der Waals surface area contributed by atoms with Crippen molar-refractivity contribution in [1.29, 1.82) is 0 Å². The number of aromatic nitrogens is 2. The molecule has 4 rings (SSSR count). The molecule has 5 nitrogen and oxygen atoms in total. The number of pyridine rings is 1. The first kappa shape index (κ1) is 19.2. The average molecular weight is 406 g/mol. The van der Waals surface area contributed by atoms with Crippen LogP contribution in [-0.4, -0.2) is 34.5 Å². The molecule has 0 saturated carbocycles. The molecule has 0 N–H and O–H groups in total. The molecule has 1 amide bonds. The summed E-state index contributed by atoms with van der Waals surface area (Å²) in [6, 6.07) is 21.3. The van der Waals surface area contributed by atoms with E-state index >= 15 is 0 Å². The molecule has 2 aromatic heterocycles. The van der Waals surface area contributed by atoms with Crippen molar-refractivity contribution in [3.63, 3.8) is 0 Å². The monoisotopic (exact) mass is 405 g/mol. The summed E-state index contributed by atoms with van der Waals surface area (Å²) >= 11 is 6.25. The van der Waals surface area contributed by atoms with Crippen LogP contribution in [0.2, 0.25) is 5.15 Å². The van der Waals surface area contributed by atoms with E-state index in [0.717, 1.165) is 34.2 Å². The highest BCUT2D eigenvalue weighted by Gasteiger charge is 2.16. The third-order valence-electron chi connectivity index (χ3n) is 4.80. The zero-order chi connectivity index (χ0) is 20.2. The molecular formula is C23H20ClN3O2. The molecule has 29 heavy (non-hydrogen) atoms. The summed E-state index contributed by atoms with van der Waals surface area (Å²) in [5.41, 5.74) is 2.19. The van der Waals surface area contributed by atoms with E-state index < -0.39 is 0 Å². The average Bonchev–Trinajstić information content (AvgIpc) is 3.22. The van der Waals surface area contributed by atoms with Gasteiger partial charge in [-0.15, -0.1) is 0 Å². The fourth-order valence-electron chi connectivity index (χ4n) is 3.23. The molecule has 0 aliphatic heterocycles. The van der Waals surface area contributed by atoms with Gasteiger partial charge in [0, 0.05) is 37.0 Å². The van der Waals surface area contributed by atoms with Gasteiger partial charge in [0.25, 0.3) is 5.91 Å². The fraction of sp³-hybridized carbons (Fsp3) is 0.174. The highest BCUT2D eigenvalue weighted by Crippen LogP contribution is 2.23. The maximum atomic E-state index is 12.7. The molecule has 0 unspecified atom stereocenters. The van der Waals surface area contributed by atoms with Crippen molar-refractivity contribution in [2.24, 2.45) is 0 Å². The topological polar surface area (TPSA) is 59.2 Å². The predicted octanol–water partition coefficient (Wildman–Crippen LogP) is 5.25. The maximum Gasteiger partial charge on any atom is 0.272 e. The number of amides is 1. The van der Waals surface area contributed by atoms with Gasteiger partial charge in [-0.2, -0.15) is 0 Å². The zero-order valence-electron chi connectivity index (χ0n) is 16.0. The minimum Gasteiger partial charge on any atom is -0.361 e. The summed E-state index contributed by atoms with van der Waals surface area (Å²) in [4.78, 5) is 18.7. The van der Waals surface area contributed by atoms with Crippen LogP contribution >= 0.6 is 11.6 Å². The van der Waals surface area contributed by atoms with Crippen molar-refractivity contribution in [2.45, 2.75) is 12.8 Å². The second-order valence-electron chi connectivity index (χ2n) is 6.89. The smallest absolute Gasteiger partial charge is 0.272 e. The number of halogens is 1. The molecule has 0 aliphatic rings. The van der Waals surface area contributed by atoms with Crippen LogP contribution in [0.15, 0.2) is 71.3 Å². The third-order valence-corrected chi connectivity index (χ3v) is 5.09. The standard InChI is InChI=1S/C23H20ClN3O2/c1-27(23(28)21-14-17-10-5-6-12-19(17)22(24)25-21)13-7-11-18-15-20(26-29-18)16-8-3-2-4-9-16/h2-6,8-10,12,14-15H,7,11,13H2,1H3. The first-order valence-electron chi connectivity index (χ1n) is 9.43. The van der Waals surface area contributed by atoms with Crippen LogP contribution in [-0.2, 0) is 6.42 Å². The van der Waals surface area contributed by atoms with E-state index in [1.54, 1.807) is 18.0 Å². The number of aryl methyl sites for hydroxylation is 1. The van der Waals surface area contributed by atoms with Crippen molar-refractivity contribution in [1.82, 2.24) is 15.0 Å². The van der Waals surface area contributed by atoms with Gasteiger partial charge in [-0.05, 0) is 17.9 Å². The van der Waals surface area contributed by atoms with E-state index in [-0.39, 0.29) is 5.91 Å². The van der Waals surface area contributed by atoms with Crippen molar-refractivity contribution in [3.05, 3.63) is 83.3 Å². The molecule has 0 spiro atoms. The molecule has 0 bridgehead atoms. The number of rotatable bonds is 6. The molecule has 4 aromatic rings. The number of hydrogen-bond acceptors (Lipinski definition) is 4. The number of benzene rings is 2. The molecule has 0 aliphatic carbocycles. The van der Waals surface area contributed by atoms with E-state index in [9.17, 15) is 4.79 Å². The lowest BCUT2D eigenvalue weighted by molar-refractivity contribution is 0.0787. The molecular weight excluding hydrogens is 386 g/mol. The summed E-state index contributed by atoms with van der Waals surface area (Å²) in [7, 11) is 1.77. The summed E-state index contributed by atoms with van der Waals surface area (Å²) in [5, 5.41) is 6.21. The Labute approximate surface area is 173 Å². The Morgan fingerprint density at radius 3 is 2.66 bits per heavy atom. The number of carbonyl (C=O) groups is 1. The Morgan fingerprint density at radius 1 is 1.07 bits per heavy atom. The van der Waals surface area contributed by atoms with E-state index in [1.807, 2.05) is 60.7 Å². The lowest BCUT2D eigenvalue weighted by Gasteiger charge is -2.16. The van der Waals surface area contributed by atoms with Crippen molar-refractivity contribution in [3.8, 4) is 11.3 Å². The molecule has 2 aromatic carbocycles. The van der Waals surface area contributed by atoms with E-state index in [4.69, 9.17) is 16.1 Å². The Kier molecular flexibility index (Phi) is 5.58. The van der Waals surface area contributed by atoms with Gasteiger partial charge in [-0.1, -0.05) is 71.4 Å². The summed E-state index contributed by atoms with van der Waals surface area (Å²) in [6.07, 6.45) is 1.45. The highest BCUT2D eigenvalue weighted by atomic mass is 35.5. The second-order valence-corrected chi connectivity index (χ2v) is 7.25. The molecule has 6 heteroatoms. The molecule has 2 heterocycles. The van der Waals surface area contributed by atoms with Crippen LogP contribution in [0.25, 0.3) is 22.0 Å². The van der Waals surface area contributed by atoms with Gasteiger partial charge in [-0.3, -0.25) is 4.79 Å². The van der Waals surface area contributed by atoms with E-state index in [0.29, 0.717) is 23.8 Å². The predicted molar refractivity (Wildman–Crippen MR) is 114 cm³/mol. The van der Waals surface area contributed by atoms with Crippen molar-refractivity contribution < 1.29 is 9.32 Å². The van der Waals surface area contributed by atoms with Gasteiger partial charge in [0.1, 0.15) is 22.3 Å². The SMILES string of the molecule is CN(CCCc1cc(-c2ccccc2)no1)C(=O)c1cc2ccccc2c(Cl)n1. The minimum absolute atomic E-state index is 0.153. The summed E-state index contributed by atoms with van der Waals surface area (Å²) in [6.45, 7) is 0.576. The van der Waals surface area contributed by atoms with Gasteiger partial charge in [-0.25, -0.2) is 4.98 Å². The first-order chi connectivity index (χ1) is 14.1. The number of carbonyl (C=O) groups excluding carboxylic acids is 1. The summed E-state index contributed by atoms with van der Waals surface area (Å²) < 4.78 is 5.43. The zero-order valence-corrected chi connectivity index (χ0v) is 16.8. The van der Waals surface area contributed by atoms with E-state index in [2.05, 4.69) is 10.1 Å². The van der Waals surface area contributed by atoms with Crippen LogP contribution in [0.4, 0.5) is 0 Å². The van der Waals surface area contributed by atoms with Gasteiger partial charge in [0.2, 0.25) is 0 Å². The molecule has 0 saturated heterocycles. The highest BCUT2D eigenvalue weighted by molar-refractivity contribution is 6.34. The molecule has 146 valence electrons. The Hall–Kier alpha value is -3.18. The lowest BCUT2D eigenvalue weighted by atomic mass is 10.1. The van der Waals surface area contributed by atoms with Crippen LogP contribution in [0.3, 0.4) is 0 Å². The third kappa shape index (κ3) is 4.30. The Balaban J connectivity index is 1.37. The largest absolute Gasteiger partial charge is 0.361 e. The summed E-state index contributed by atoms with van der Waals surface area (Å²) in [5.74, 6) is 0.650. The second kappa shape index (κ2) is 8.45. The lowest BCUT2D eigenvalue weighted by Crippen LogP contribution is -2.28.